The molecule has 0 amide bonds. The maximum Gasteiger partial charge on any atom is 0.193 e. The van der Waals surface area contributed by atoms with Crippen LogP contribution in [-0.2, 0) is 17.8 Å². The van der Waals surface area contributed by atoms with Crippen LogP contribution in [-0.4, -0.2) is 62.2 Å². The highest BCUT2D eigenvalue weighted by Crippen LogP contribution is 2.14. The van der Waals surface area contributed by atoms with E-state index in [1.807, 2.05) is 6.08 Å². The lowest BCUT2D eigenvalue weighted by molar-refractivity contribution is 0.0341. The van der Waals surface area contributed by atoms with E-state index in [0.29, 0.717) is 6.54 Å². The van der Waals surface area contributed by atoms with Gasteiger partial charge in [0, 0.05) is 39.8 Å². The molecule has 1 heterocycles. The van der Waals surface area contributed by atoms with Gasteiger partial charge in [-0.3, -0.25) is 4.90 Å². The van der Waals surface area contributed by atoms with Crippen LogP contribution in [0.25, 0.3) is 0 Å². The molecule has 1 fully saturated rings. The standard InChI is InChI=1S/C21H34N4O.HI/c1-4-6-9-12-24(3)21(22-5-2)23-17-19-10-7-8-11-20(19)18-25-13-15-26-16-14-25;/h4,7-8,10-11H,1,5-6,9,12-18H2,2-3H3,(H,22,23);1H. The first-order chi connectivity index (χ1) is 12.7. The quantitative estimate of drug-likeness (QED) is 0.191. The van der Waals surface area contributed by atoms with Crippen LogP contribution >= 0.6 is 24.0 Å². The summed E-state index contributed by atoms with van der Waals surface area (Å²) in [6.45, 7) is 13.1. The van der Waals surface area contributed by atoms with Gasteiger partial charge in [-0.25, -0.2) is 4.99 Å². The Hall–Kier alpha value is -1.12. The third-order valence-electron chi connectivity index (χ3n) is 4.61. The molecule has 1 N–H and O–H groups in total. The van der Waals surface area contributed by atoms with E-state index in [-0.39, 0.29) is 24.0 Å². The van der Waals surface area contributed by atoms with Crippen molar-refractivity contribution in [2.45, 2.75) is 32.9 Å². The largest absolute Gasteiger partial charge is 0.379 e. The second kappa shape index (κ2) is 14.0. The van der Waals surface area contributed by atoms with Crippen molar-refractivity contribution >= 4 is 29.9 Å². The lowest BCUT2D eigenvalue weighted by atomic mass is 10.1. The number of aliphatic imine (C=N–C) groups is 1. The zero-order valence-corrected chi connectivity index (χ0v) is 19.2. The number of allylic oxidation sites excluding steroid dienone is 1. The number of nitrogens with zero attached hydrogens (tertiary/aromatic N) is 3. The molecule has 0 atom stereocenters. The molecular weight excluding hydrogens is 451 g/mol. The summed E-state index contributed by atoms with van der Waals surface area (Å²) in [5.74, 6) is 0.970. The minimum absolute atomic E-state index is 0. The topological polar surface area (TPSA) is 40.1 Å². The molecule has 152 valence electrons. The van der Waals surface area contributed by atoms with E-state index in [1.54, 1.807) is 0 Å². The van der Waals surface area contributed by atoms with Gasteiger partial charge in [0.2, 0.25) is 0 Å². The molecule has 1 aliphatic heterocycles. The molecule has 27 heavy (non-hydrogen) atoms. The van der Waals surface area contributed by atoms with Gasteiger partial charge in [-0.2, -0.15) is 0 Å². The molecule has 0 bridgehead atoms. The maximum atomic E-state index is 5.46. The molecule has 0 spiro atoms. The average molecular weight is 486 g/mol. The Labute approximate surface area is 181 Å². The number of guanidine groups is 1. The van der Waals surface area contributed by atoms with Crippen molar-refractivity contribution < 1.29 is 4.74 Å². The van der Waals surface area contributed by atoms with Crippen LogP contribution in [0.1, 0.15) is 30.9 Å². The van der Waals surface area contributed by atoms with Gasteiger partial charge in [0.05, 0.1) is 19.8 Å². The normalized spacial score (nSPS) is 15.1. The maximum absolute atomic E-state index is 5.46. The van der Waals surface area contributed by atoms with Gasteiger partial charge in [0.15, 0.2) is 5.96 Å². The minimum atomic E-state index is 0. The van der Waals surface area contributed by atoms with Gasteiger partial charge in [0.1, 0.15) is 0 Å². The minimum Gasteiger partial charge on any atom is -0.379 e. The van der Waals surface area contributed by atoms with Gasteiger partial charge in [-0.05, 0) is 30.9 Å². The van der Waals surface area contributed by atoms with Crippen LogP contribution in [0.3, 0.4) is 0 Å². The van der Waals surface area contributed by atoms with E-state index in [1.165, 1.54) is 11.1 Å². The monoisotopic (exact) mass is 486 g/mol. The highest BCUT2D eigenvalue weighted by molar-refractivity contribution is 14.0. The molecule has 0 aliphatic carbocycles. The Balaban J connectivity index is 0.00000364. The van der Waals surface area contributed by atoms with Crippen molar-refractivity contribution in [2.75, 3.05) is 46.4 Å². The fourth-order valence-electron chi connectivity index (χ4n) is 3.07. The summed E-state index contributed by atoms with van der Waals surface area (Å²) in [6.07, 6.45) is 4.10. The molecule has 0 saturated carbocycles. The first-order valence-corrected chi connectivity index (χ1v) is 9.71. The van der Waals surface area contributed by atoms with Gasteiger partial charge in [0.25, 0.3) is 0 Å². The van der Waals surface area contributed by atoms with E-state index in [4.69, 9.17) is 9.73 Å². The van der Waals surface area contributed by atoms with Crippen LogP contribution < -0.4 is 5.32 Å². The zero-order chi connectivity index (χ0) is 18.6. The smallest absolute Gasteiger partial charge is 0.193 e. The number of ether oxygens (including phenoxy) is 1. The Kier molecular flexibility index (Phi) is 12.4. The van der Waals surface area contributed by atoms with Crippen LogP contribution in [0.5, 0.6) is 0 Å². The second-order valence-electron chi connectivity index (χ2n) is 6.68. The van der Waals surface area contributed by atoms with Crippen LogP contribution in [0.4, 0.5) is 0 Å². The van der Waals surface area contributed by atoms with Crippen molar-refractivity contribution in [3.8, 4) is 0 Å². The molecule has 1 aliphatic rings. The van der Waals surface area contributed by atoms with Gasteiger partial charge < -0.3 is 15.0 Å². The van der Waals surface area contributed by atoms with Crippen LogP contribution in [0.2, 0.25) is 0 Å². The van der Waals surface area contributed by atoms with Gasteiger partial charge in [-0.15, -0.1) is 30.6 Å². The number of unbranched alkanes of at least 4 members (excludes halogenated alkanes) is 1. The molecule has 5 nitrogen and oxygen atoms in total. The molecule has 1 aromatic rings. The van der Waals surface area contributed by atoms with Gasteiger partial charge >= 0.3 is 0 Å². The molecule has 1 saturated heterocycles. The highest BCUT2D eigenvalue weighted by atomic mass is 127. The first-order valence-electron chi connectivity index (χ1n) is 9.71. The Morgan fingerprint density at radius 3 is 2.67 bits per heavy atom. The summed E-state index contributed by atoms with van der Waals surface area (Å²) in [4.78, 5) is 9.54. The molecule has 2 rings (SSSR count). The summed E-state index contributed by atoms with van der Waals surface area (Å²) in [6, 6.07) is 8.64. The van der Waals surface area contributed by atoms with E-state index in [9.17, 15) is 0 Å². The van der Waals surface area contributed by atoms with E-state index >= 15 is 0 Å². The van der Waals surface area contributed by atoms with Crippen molar-refractivity contribution in [3.63, 3.8) is 0 Å². The third-order valence-corrected chi connectivity index (χ3v) is 4.61. The number of hydrogen-bond donors (Lipinski definition) is 1. The lowest BCUT2D eigenvalue weighted by Gasteiger charge is -2.27. The summed E-state index contributed by atoms with van der Waals surface area (Å²) in [5, 5.41) is 3.40. The fourth-order valence-corrected chi connectivity index (χ4v) is 3.07. The predicted octanol–water partition coefficient (Wildman–Crippen LogP) is 3.50. The number of morpholine rings is 1. The van der Waals surface area contributed by atoms with E-state index in [2.05, 4.69) is 59.9 Å². The van der Waals surface area contributed by atoms with E-state index in [0.717, 1.165) is 64.7 Å². The number of hydrogen-bond acceptors (Lipinski definition) is 3. The van der Waals surface area contributed by atoms with Gasteiger partial charge in [-0.1, -0.05) is 30.3 Å². The Bertz CT molecular complexity index is 573. The van der Waals surface area contributed by atoms with Crippen molar-refractivity contribution in [1.82, 2.24) is 15.1 Å². The highest BCUT2D eigenvalue weighted by Gasteiger charge is 2.13. The molecule has 0 aromatic heterocycles. The van der Waals surface area contributed by atoms with Crippen LogP contribution in [0, 0.1) is 0 Å². The van der Waals surface area contributed by atoms with Crippen molar-refractivity contribution in [1.29, 1.82) is 0 Å². The molecule has 0 radical (unpaired) electrons. The number of benzene rings is 1. The summed E-state index contributed by atoms with van der Waals surface area (Å²) >= 11 is 0. The number of rotatable bonds is 9. The van der Waals surface area contributed by atoms with E-state index < -0.39 is 0 Å². The Morgan fingerprint density at radius 1 is 1.30 bits per heavy atom. The zero-order valence-electron chi connectivity index (χ0n) is 16.8. The summed E-state index contributed by atoms with van der Waals surface area (Å²) in [7, 11) is 2.10. The fraction of sp³-hybridized carbons (Fsp3) is 0.571. The molecule has 6 heteroatoms. The summed E-state index contributed by atoms with van der Waals surface area (Å²) < 4.78 is 5.46. The number of halogens is 1. The van der Waals surface area contributed by atoms with Crippen LogP contribution in [0.15, 0.2) is 41.9 Å². The third kappa shape index (κ3) is 8.62. The molecule has 1 aromatic carbocycles. The van der Waals surface area contributed by atoms with Crippen molar-refractivity contribution in [3.05, 3.63) is 48.0 Å². The Morgan fingerprint density at radius 2 is 2.00 bits per heavy atom. The summed E-state index contributed by atoms with van der Waals surface area (Å²) in [5.41, 5.74) is 2.66. The lowest BCUT2D eigenvalue weighted by Crippen LogP contribution is -2.39. The molecule has 0 unspecified atom stereocenters. The predicted molar refractivity (Wildman–Crippen MR) is 125 cm³/mol. The first kappa shape index (κ1) is 23.9. The SMILES string of the molecule is C=CCCCN(C)C(=NCc1ccccc1CN1CCOCC1)NCC.I. The second-order valence-corrected chi connectivity index (χ2v) is 6.68. The van der Waals surface area contributed by atoms with Crippen molar-refractivity contribution in [2.24, 2.45) is 4.99 Å². The molecular formula is C21H35IN4O. The average Bonchev–Trinajstić information content (AvgIpc) is 2.67. The number of nitrogens with one attached hydrogen (secondary N) is 1.